The first-order valence-corrected chi connectivity index (χ1v) is 7.57. The van der Waals surface area contributed by atoms with Crippen LogP contribution in [0.15, 0.2) is 0 Å². The van der Waals surface area contributed by atoms with Crippen LogP contribution in [0.1, 0.15) is 51.9 Å². The highest BCUT2D eigenvalue weighted by molar-refractivity contribution is 7.90. The summed E-state index contributed by atoms with van der Waals surface area (Å²) in [4.78, 5) is 0. The normalized spacial score (nSPS) is 28.7. The van der Waals surface area contributed by atoms with Crippen molar-refractivity contribution < 1.29 is 8.42 Å². The van der Waals surface area contributed by atoms with Crippen molar-refractivity contribution in [3.63, 3.8) is 0 Å². The van der Waals surface area contributed by atoms with Gasteiger partial charge in [-0.15, -0.1) is 0 Å². The second-order valence-electron chi connectivity index (χ2n) is 4.53. The SMILES string of the molecule is CCCC1CCCC(S(=O)(=O)NC)CC1. The van der Waals surface area contributed by atoms with Crippen molar-refractivity contribution in [2.45, 2.75) is 57.1 Å². The Morgan fingerprint density at radius 1 is 1.20 bits per heavy atom. The van der Waals surface area contributed by atoms with Gasteiger partial charge < -0.3 is 0 Å². The molecule has 3 nitrogen and oxygen atoms in total. The monoisotopic (exact) mass is 233 g/mol. The first-order chi connectivity index (χ1) is 7.10. The van der Waals surface area contributed by atoms with Crippen molar-refractivity contribution in [2.24, 2.45) is 5.92 Å². The van der Waals surface area contributed by atoms with Crippen molar-refractivity contribution in [1.82, 2.24) is 4.72 Å². The molecule has 0 aromatic carbocycles. The number of hydrogen-bond acceptors (Lipinski definition) is 2. The molecule has 2 unspecified atom stereocenters. The molecule has 0 aromatic heterocycles. The van der Waals surface area contributed by atoms with E-state index in [2.05, 4.69) is 11.6 Å². The number of sulfonamides is 1. The molecule has 0 spiro atoms. The van der Waals surface area contributed by atoms with Crippen LogP contribution >= 0.6 is 0 Å². The van der Waals surface area contributed by atoms with E-state index in [9.17, 15) is 8.42 Å². The highest BCUT2D eigenvalue weighted by Crippen LogP contribution is 2.29. The van der Waals surface area contributed by atoms with Crippen LogP contribution in [-0.4, -0.2) is 20.7 Å². The highest BCUT2D eigenvalue weighted by atomic mass is 32.2. The van der Waals surface area contributed by atoms with Gasteiger partial charge in [0.05, 0.1) is 5.25 Å². The van der Waals surface area contributed by atoms with Gasteiger partial charge in [-0.25, -0.2) is 13.1 Å². The fourth-order valence-corrected chi connectivity index (χ4v) is 3.78. The van der Waals surface area contributed by atoms with E-state index in [0.29, 0.717) is 0 Å². The third kappa shape index (κ3) is 3.76. The van der Waals surface area contributed by atoms with Gasteiger partial charge in [-0.2, -0.15) is 0 Å². The molecular weight excluding hydrogens is 210 g/mol. The lowest BCUT2D eigenvalue weighted by Crippen LogP contribution is -2.31. The summed E-state index contributed by atoms with van der Waals surface area (Å²) in [6.45, 7) is 2.20. The fraction of sp³-hybridized carbons (Fsp3) is 1.00. The van der Waals surface area contributed by atoms with E-state index in [-0.39, 0.29) is 5.25 Å². The van der Waals surface area contributed by atoms with Crippen LogP contribution in [0, 0.1) is 5.92 Å². The van der Waals surface area contributed by atoms with Crippen molar-refractivity contribution in [2.75, 3.05) is 7.05 Å². The van der Waals surface area contributed by atoms with E-state index in [1.807, 2.05) is 0 Å². The topological polar surface area (TPSA) is 46.2 Å². The van der Waals surface area contributed by atoms with Crippen LogP contribution in [0.3, 0.4) is 0 Å². The Bertz CT molecular complexity index is 274. The first kappa shape index (κ1) is 13.0. The zero-order valence-corrected chi connectivity index (χ0v) is 10.6. The van der Waals surface area contributed by atoms with Gasteiger partial charge in [0.15, 0.2) is 0 Å². The van der Waals surface area contributed by atoms with E-state index in [1.54, 1.807) is 0 Å². The maximum atomic E-state index is 11.7. The Morgan fingerprint density at radius 2 is 1.93 bits per heavy atom. The number of hydrogen-bond donors (Lipinski definition) is 1. The molecule has 90 valence electrons. The predicted molar refractivity (Wildman–Crippen MR) is 63.3 cm³/mol. The van der Waals surface area contributed by atoms with E-state index >= 15 is 0 Å². The number of rotatable bonds is 4. The molecule has 1 fully saturated rings. The van der Waals surface area contributed by atoms with Crippen molar-refractivity contribution in [3.8, 4) is 0 Å². The number of nitrogens with one attached hydrogen (secondary N) is 1. The van der Waals surface area contributed by atoms with Crippen LogP contribution in [0.25, 0.3) is 0 Å². The molecule has 4 heteroatoms. The highest BCUT2D eigenvalue weighted by Gasteiger charge is 2.27. The lowest BCUT2D eigenvalue weighted by Gasteiger charge is -2.14. The minimum atomic E-state index is -3.03. The summed E-state index contributed by atoms with van der Waals surface area (Å²) in [5.74, 6) is 0.757. The molecule has 1 aliphatic rings. The van der Waals surface area contributed by atoms with Gasteiger partial charge in [-0.05, 0) is 32.2 Å². The average molecular weight is 233 g/mol. The van der Waals surface area contributed by atoms with Crippen LogP contribution in [-0.2, 0) is 10.0 Å². The Hall–Kier alpha value is -0.0900. The first-order valence-electron chi connectivity index (χ1n) is 6.02. The fourth-order valence-electron chi connectivity index (χ4n) is 2.52. The zero-order valence-electron chi connectivity index (χ0n) is 9.83. The Balaban J connectivity index is 2.53. The minimum absolute atomic E-state index is 0.149. The van der Waals surface area contributed by atoms with Crippen molar-refractivity contribution >= 4 is 10.0 Å². The zero-order chi connectivity index (χ0) is 11.3. The van der Waals surface area contributed by atoms with E-state index < -0.39 is 10.0 Å². The quantitative estimate of drug-likeness (QED) is 0.757. The van der Waals surface area contributed by atoms with Gasteiger partial charge >= 0.3 is 0 Å². The summed E-state index contributed by atoms with van der Waals surface area (Å²) < 4.78 is 25.8. The summed E-state index contributed by atoms with van der Waals surface area (Å²) in [7, 11) is -1.52. The van der Waals surface area contributed by atoms with Gasteiger partial charge in [0.2, 0.25) is 10.0 Å². The standard InChI is InChI=1S/C11H23NO2S/c1-3-5-10-6-4-7-11(9-8-10)15(13,14)12-2/h10-12H,3-9H2,1-2H3. The van der Waals surface area contributed by atoms with E-state index in [1.165, 1.54) is 26.3 Å². The molecule has 1 rings (SSSR count). The molecule has 0 saturated heterocycles. The molecule has 0 radical (unpaired) electrons. The summed E-state index contributed by atoms with van der Waals surface area (Å²) in [6, 6.07) is 0. The molecule has 0 bridgehead atoms. The molecule has 0 heterocycles. The molecule has 15 heavy (non-hydrogen) atoms. The van der Waals surface area contributed by atoms with Gasteiger partial charge in [0.25, 0.3) is 0 Å². The van der Waals surface area contributed by atoms with Gasteiger partial charge in [-0.1, -0.05) is 32.6 Å². The maximum Gasteiger partial charge on any atom is 0.214 e. The average Bonchev–Trinajstić information content (AvgIpc) is 2.44. The predicted octanol–water partition coefficient (Wildman–Crippen LogP) is 2.28. The molecular formula is C11H23NO2S. The second kappa shape index (κ2) is 5.85. The molecule has 1 saturated carbocycles. The molecule has 0 amide bonds. The smallest absolute Gasteiger partial charge is 0.214 e. The van der Waals surface area contributed by atoms with Gasteiger partial charge in [0, 0.05) is 0 Å². The largest absolute Gasteiger partial charge is 0.218 e. The van der Waals surface area contributed by atoms with Crippen molar-refractivity contribution in [3.05, 3.63) is 0 Å². The van der Waals surface area contributed by atoms with Crippen LogP contribution in [0.4, 0.5) is 0 Å². The summed E-state index contributed by atoms with van der Waals surface area (Å²) in [5, 5.41) is -0.149. The summed E-state index contributed by atoms with van der Waals surface area (Å²) in [5.41, 5.74) is 0. The van der Waals surface area contributed by atoms with E-state index in [0.717, 1.165) is 31.6 Å². The molecule has 0 aromatic rings. The Kier molecular flexibility index (Phi) is 5.06. The summed E-state index contributed by atoms with van der Waals surface area (Å²) in [6.07, 6.45) is 7.51. The molecule has 0 aliphatic heterocycles. The van der Waals surface area contributed by atoms with Crippen molar-refractivity contribution in [1.29, 1.82) is 0 Å². The summed E-state index contributed by atoms with van der Waals surface area (Å²) >= 11 is 0. The third-order valence-corrected chi connectivity index (χ3v) is 5.37. The minimum Gasteiger partial charge on any atom is -0.218 e. The van der Waals surface area contributed by atoms with E-state index in [4.69, 9.17) is 0 Å². The second-order valence-corrected chi connectivity index (χ2v) is 6.70. The Morgan fingerprint density at radius 3 is 2.53 bits per heavy atom. The molecule has 2 atom stereocenters. The Labute approximate surface area is 93.7 Å². The lowest BCUT2D eigenvalue weighted by molar-refractivity contribution is 0.423. The molecule has 1 aliphatic carbocycles. The van der Waals surface area contributed by atoms with Gasteiger partial charge in [0.1, 0.15) is 0 Å². The van der Waals surface area contributed by atoms with Crippen LogP contribution in [0.2, 0.25) is 0 Å². The lowest BCUT2D eigenvalue weighted by atomic mass is 9.96. The van der Waals surface area contributed by atoms with Crippen LogP contribution < -0.4 is 4.72 Å². The molecule has 1 N–H and O–H groups in total. The maximum absolute atomic E-state index is 11.7. The van der Waals surface area contributed by atoms with Crippen LogP contribution in [0.5, 0.6) is 0 Å². The third-order valence-electron chi connectivity index (χ3n) is 3.46. The van der Waals surface area contributed by atoms with Gasteiger partial charge in [-0.3, -0.25) is 0 Å².